The zero-order chi connectivity index (χ0) is 13.5. The Labute approximate surface area is 113 Å². The lowest BCUT2D eigenvalue weighted by Crippen LogP contribution is -2.31. The van der Waals surface area contributed by atoms with E-state index in [0.717, 1.165) is 29.6 Å². The number of ether oxygens (including phenoxy) is 2. The van der Waals surface area contributed by atoms with Gasteiger partial charge in [0.25, 0.3) is 0 Å². The van der Waals surface area contributed by atoms with Crippen molar-refractivity contribution in [2.24, 2.45) is 0 Å². The van der Waals surface area contributed by atoms with Gasteiger partial charge in [0.1, 0.15) is 0 Å². The molecule has 0 spiro atoms. The monoisotopic (exact) mass is 273 g/mol. The number of aromatic nitrogens is 1. The van der Waals surface area contributed by atoms with Gasteiger partial charge in [-0.05, 0) is 6.42 Å². The van der Waals surface area contributed by atoms with Crippen LogP contribution >= 0.6 is 11.3 Å². The van der Waals surface area contributed by atoms with Crippen molar-refractivity contribution in [2.45, 2.75) is 25.9 Å². The van der Waals surface area contributed by atoms with Crippen molar-refractivity contribution in [2.75, 3.05) is 39.8 Å². The Morgan fingerprint density at radius 2 is 2.11 bits per heavy atom. The van der Waals surface area contributed by atoms with E-state index in [4.69, 9.17) is 9.47 Å². The average Bonchev–Trinajstić information content (AvgIpc) is 2.77. The molecule has 5 nitrogen and oxygen atoms in total. The second-order valence-corrected chi connectivity index (χ2v) is 5.33. The Kier molecular flexibility index (Phi) is 6.38. The van der Waals surface area contributed by atoms with Gasteiger partial charge in [-0.25, -0.2) is 0 Å². The van der Waals surface area contributed by atoms with Crippen LogP contribution in [-0.2, 0) is 11.3 Å². The number of anilines is 1. The summed E-state index contributed by atoms with van der Waals surface area (Å²) in [6.07, 6.45) is 1.04. The molecular formula is C12H23N3O2S. The van der Waals surface area contributed by atoms with E-state index in [-0.39, 0.29) is 0 Å². The topological polar surface area (TPSA) is 46.6 Å². The van der Waals surface area contributed by atoms with Crippen LogP contribution in [0.4, 0.5) is 5.13 Å². The molecule has 6 heteroatoms. The smallest absolute Gasteiger partial charge is 0.230 e. The lowest BCUT2D eigenvalue weighted by Gasteiger charge is -2.15. The van der Waals surface area contributed by atoms with Crippen LogP contribution in [0.25, 0.3) is 0 Å². The molecule has 0 aliphatic rings. The summed E-state index contributed by atoms with van der Waals surface area (Å²) in [7, 11) is 7.34. The third-order valence-electron chi connectivity index (χ3n) is 2.64. The van der Waals surface area contributed by atoms with Gasteiger partial charge in [0.15, 0.2) is 5.13 Å². The maximum atomic E-state index is 5.30. The Hall–Kier alpha value is -0.850. The lowest BCUT2D eigenvalue weighted by atomic mass is 10.2. The first-order valence-corrected chi connectivity index (χ1v) is 6.87. The third kappa shape index (κ3) is 4.12. The predicted octanol–water partition coefficient (Wildman–Crippen LogP) is 1.73. The van der Waals surface area contributed by atoms with Gasteiger partial charge in [-0.1, -0.05) is 18.3 Å². The molecule has 0 saturated heterocycles. The summed E-state index contributed by atoms with van der Waals surface area (Å²) >= 11 is 1.65. The van der Waals surface area contributed by atoms with Crippen LogP contribution in [0.15, 0.2) is 0 Å². The van der Waals surface area contributed by atoms with Crippen molar-refractivity contribution >= 4 is 16.5 Å². The summed E-state index contributed by atoms with van der Waals surface area (Å²) in [4.78, 5) is 7.54. The minimum absolute atomic E-state index is 0.365. The van der Waals surface area contributed by atoms with Crippen molar-refractivity contribution in [1.29, 1.82) is 0 Å². The van der Waals surface area contributed by atoms with Gasteiger partial charge in [0.2, 0.25) is 5.88 Å². The Bertz CT molecular complexity index is 355. The van der Waals surface area contributed by atoms with Crippen LogP contribution in [0, 0.1) is 0 Å². The molecule has 0 bridgehead atoms. The number of thiazole rings is 1. The standard InChI is InChI=1S/C12H23N3O2S/c1-6-9(8-16-4)13-7-10-11(17-5)14-12(18-10)15(2)3/h9,13H,6-8H2,1-5H3. The van der Waals surface area contributed by atoms with Crippen molar-refractivity contribution in [3.8, 4) is 5.88 Å². The minimum Gasteiger partial charge on any atom is -0.480 e. The molecule has 1 heterocycles. The van der Waals surface area contributed by atoms with Gasteiger partial charge in [-0.15, -0.1) is 0 Å². The number of methoxy groups -OCH3 is 2. The fraction of sp³-hybridized carbons (Fsp3) is 0.750. The number of nitrogens with zero attached hydrogens (tertiary/aromatic N) is 2. The van der Waals surface area contributed by atoms with Crippen LogP contribution in [0.3, 0.4) is 0 Å². The van der Waals surface area contributed by atoms with E-state index in [9.17, 15) is 0 Å². The largest absolute Gasteiger partial charge is 0.480 e. The Morgan fingerprint density at radius 1 is 1.39 bits per heavy atom. The van der Waals surface area contributed by atoms with Crippen molar-refractivity contribution < 1.29 is 9.47 Å². The molecule has 1 atom stereocenters. The van der Waals surface area contributed by atoms with E-state index in [2.05, 4.69) is 17.2 Å². The molecule has 1 unspecified atom stereocenters. The van der Waals surface area contributed by atoms with E-state index in [0.29, 0.717) is 11.9 Å². The molecule has 18 heavy (non-hydrogen) atoms. The summed E-state index contributed by atoms with van der Waals surface area (Å²) in [5.74, 6) is 0.712. The minimum atomic E-state index is 0.365. The Morgan fingerprint density at radius 3 is 2.61 bits per heavy atom. The van der Waals surface area contributed by atoms with Gasteiger partial charge in [-0.3, -0.25) is 0 Å². The number of hydrogen-bond donors (Lipinski definition) is 1. The number of rotatable bonds is 8. The summed E-state index contributed by atoms with van der Waals surface area (Å²) in [5, 5.41) is 4.42. The van der Waals surface area contributed by atoms with Crippen LogP contribution in [0.2, 0.25) is 0 Å². The van der Waals surface area contributed by atoms with Crippen LogP contribution in [0.1, 0.15) is 18.2 Å². The number of hydrogen-bond acceptors (Lipinski definition) is 6. The van der Waals surface area contributed by atoms with Gasteiger partial charge >= 0.3 is 0 Å². The zero-order valence-corrected chi connectivity index (χ0v) is 12.6. The van der Waals surface area contributed by atoms with Gasteiger partial charge in [0, 0.05) is 33.8 Å². The van der Waals surface area contributed by atoms with E-state index < -0.39 is 0 Å². The quantitative estimate of drug-likeness (QED) is 0.781. The lowest BCUT2D eigenvalue weighted by molar-refractivity contribution is 0.164. The first-order chi connectivity index (χ1) is 8.62. The molecular weight excluding hydrogens is 250 g/mol. The van der Waals surface area contributed by atoms with Gasteiger partial charge in [0.05, 0.1) is 18.6 Å². The van der Waals surface area contributed by atoms with E-state index in [1.54, 1.807) is 25.6 Å². The molecule has 0 amide bonds. The molecule has 104 valence electrons. The normalized spacial score (nSPS) is 12.5. The second-order valence-electron chi connectivity index (χ2n) is 4.26. The molecule has 0 radical (unpaired) electrons. The molecule has 0 saturated carbocycles. The van der Waals surface area contributed by atoms with Crippen molar-refractivity contribution in [1.82, 2.24) is 10.3 Å². The van der Waals surface area contributed by atoms with Gasteiger partial charge in [-0.2, -0.15) is 4.98 Å². The van der Waals surface area contributed by atoms with Crippen LogP contribution in [-0.4, -0.2) is 45.9 Å². The zero-order valence-electron chi connectivity index (χ0n) is 11.8. The maximum Gasteiger partial charge on any atom is 0.230 e. The molecule has 0 aromatic carbocycles. The second kappa shape index (κ2) is 7.56. The highest BCUT2D eigenvalue weighted by molar-refractivity contribution is 7.15. The summed E-state index contributed by atoms with van der Waals surface area (Å²) in [6, 6.07) is 0.365. The molecule has 1 aromatic rings. The first-order valence-electron chi connectivity index (χ1n) is 6.05. The highest BCUT2D eigenvalue weighted by Crippen LogP contribution is 2.30. The van der Waals surface area contributed by atoms with Crippen molar-refractivity contribution in [3.05, 3.63) is 4.88 Å². The number of nitrogens with one attached hydrogen (secondary N) is 1. The van der Waals surface area contributed by atoms with Crippen LogP contribution < -0.4 is 15.0 Å². The SMILES string of the molecule is CCC(COC)NCc1sc(N(C)C)nc1OC. The first kappa shape index (κ1) is 15.2. The van der Waals surface area contributed by atoms with Gasteiger partial charge < -0.3 is 19.7 Å². The fourth-order valence-electron chi connectivity index (χ4n) is 1.55. The molecule has 0 aliphatic carbocycles. The maximum absolute atomic E-state index is 5.30. The van der Waals surface area contributed by atoms with Crippen LogP contribution in [0.5, 0.6) is 5.88 Å². The van der Waals surface area contributed by atoms with Crippen molar-refractivity contribution in [3.63, 3.8) is 0 Å². The molecule has 1 aromatic heterocycles. The summed E-state index contributed by atoms with van der Waals surface area (Å²) < 4.78 is 10.5. The van der Waals surface area contributed by atoms with E-state index in [1.807, 2.05) is 19.0 Å². The molecule has 0 aliphatic heterocycles. The highest BCUT2D eigenvalue weighted by atomic mass is 32.1. The Balaban J connectivity index is 2.65. The summed E-state index contributed by atoms with van der Waals surface area (Å²) in [5.41, 5.74) is 0. The fourth-order valence-corrected chi connectivity index (χ4v) is 2.45. The predicted molar refractivity (Wildman–Crippen MR) is 75.8 cm³/mol. The summed E-state index contributed by atoms with van der Waals surface area (Å²) in [6.45, 7) is 3.63. The molecule has 0 fully saturated rings. The third-order valence-corrected chi connectivity index (χ3v) is 3.84. The van der Waals surface area contributed by atoms with E-state index >= 15 is 0 Å². The highest BCUT2D eigenvalue weighted by Gasteiger charge is 2.14. The molecule has 1 rings (SSSR count). The average molecular weight is 273 g/mol. The van der Waals surface area contributed by atoms with E-state index in [1.165, 1.54) is 0 Å². The molecule has 1 N–H and O–H groups in total.